The zero-order chi connectivity index (χ0) is 15.3. The quantitative estimate of drug-likeness (QED) is 0.739. The van der Waals surface area contributed by atoms with E-state index in [0.717, 1.165) is 25.7 Å². The van der Waals surface area contributed by atoms with Crippen LogP contribution in [0.25, 0.3) is 0 Å². The number of sulfone groups is 1. The third-order valence-electron chi connectivity index (χ3n) is 5.21. The topological polar surface area (TPSA) is 92.5 Å². The normalized spacial score (nSPS) is 40.2. The van der Waals surface area contributed by atoms with Crippen molar-refractivity contribution in [3.05, 3.63) is 0 Å². The third kappa shape index (κ3) is 3.10. The molecule has 7 heteroatoms. The zero-order valence-electron chi connectivity index (χ0n) is 12.5. The predicted octanol–water partition coefficient (Wildman–Crippen LogP) is -0.366. The summed E-state index contributed by atoms with van der Waals surface area (Å²) in [6, 6.07) is 0.725. The molecule has 0 aromatic heterocycles. The molecule has 21 heavy (non-hydrogen) atoms. The summed E-state index contributed by atoms with van der Waals surface area (Å²) in [7, 11) is -2.90. The van der Waals surface area contributed by atoms with Crippen LogP contribution in [0.4, 0.5) is 0 Å². The number of carbonyl (C=O) groups excluding carboxylic acids is 1. The minimum atomic E-state index is -2.90. The Bertz CT molecular complexity index is 532. The van der Waals surface area contributed by atoms with Crippen molar-refractivity contribution in [2.45, 2.75) is 62.7 Å². The maximum atomic E-state index is 11.9. The van der Waals surface area contributed by atoms with Crippen molar-refractivity contribution in [3.63, 3.8) is 0 Å². The Morgan fingerprint density at radius 1 is 1.33 bits per heavy atom. The molecule has 3 rings (SSSR count). The van der Waals surface area contributed by atoms with Gasteiger partial charge in [0.2, 0.25) is 5.91 Å². The van der Waals surface area contributed by atoms with E-state index in [1.54, 1.807) is 0 Å². The van der Waals surface area contributed by atoms with E-state index in [1.807, 2.05) is 6.92 Å². The fraction of sp³-hybridized carbons (Fsp3) is 0.929. The molecule has 1 aliphatic heterocycles. The van der Waals surface area contributed by atoms with Crippen molar-refractivity contribution in [1.29, 1.82) is 0 Å². The number of rotatable bonds is 4. The number of hydrogen-bond donors (Lipinski definition) is 2. The highest BCUT2D eigenvalue weighted by molar-refractivity contribution is 7.91. The Hall–Kier alpha value is -0.660. The highest BCUT2D eigenvalue weighted by Gasteiger charge is 2.49. The van der Waals surface area contributed by atoms with Gasteiger partial charge in [-0.05, 0) is 39.0 Å². The molecule has 2 saturated carbocycles. The lowest BCUT2D eigenvalue weighted by Gasteiger charge is -2.38. The van der Waals surface area contributed by atoms with Crippen LogP contribution in [0.1, 0.15) is 39.0 Å². The van der Waals surface area contributed by atoms with Crippen molar-refractivity contribution in [1.82, 2.24) is 10.2 Å². The monoisotopic (exact) mass is 315 g/mol. The molecular formula is C14H25N3O3S. The van der Waals surface area contributed by atoms with Crippen molar-refractivity contribution in [2.75, 3.05) is 18.1 Å². The molecule has 3 aliphatic rings. The summed E-state index contributed by atoms with van der Waals surface area (Å²) in [5.41, 5.74) is 5.08. The SMILES string of the molecule is CC1CS(=O)(=O)CCN1C1CCC(NC2CC2)(C(N)=O)C1. The first kappa shape index (κ1) is 15.2. The molecule has 3 unspecified atom stereocenters. The molecule has 2 aliphatic carbocycles. The van der Waals surface area contributed by atoms with E-state index in [0.29, 0.717) is 19.0 Å². The van der Waals surface area contributed by atoms with Gasteiger partial charge in [-0.3, -0.25) is 9.69 Å². The highest BCUT2D eigenvalue weighted by atomic mass is 32.2. The summed E-state index contributed by atoms with van der Waals surface area (Å²) in [6.07, 6.45) is 4.63. The van der Waals surface area contributed by atoms with Gasteiger partial charge in [0.05, 0.1) is 17.0 Å². The molecule has 3 N–H and O–H groups in total. The summed E-state index contributed by atoms with van der Waals surface area (Å²) >= 11 is 0. The van der Waals surface area contributed by atoms with E-state index in [-0.39, 0.29) is 29.5 Å². The number of nitrogens with two attached hydrogens (primary N) is 1. The second-order valence-corrected chi connectivity index (χ2v) is 9.19. The van der Waals surface area contributed by atoms with E-state index in [2.05, 4.69) is 10.2 Å². The van der Waals surface area contributed by atoms with Gasteiger partial charge < -0.3 is 11.1 Å². The van der Waals surface area contributed by atoms with Gasteiger partial charge in [-0.1, -0.05) is 0 Å². The maximum absolute atomic E-state index is 11.9. The molecule has 1 heterocycles. The van der Waals surface area contributed by atoms with Crippen LogP contribution in [0, 0.1) is 0 Å². The van der Waals surface area contributed by atoms with E-state index < -0.39 is 15.4 Å². The van der Waals surface area contributed by atoms with Crippen molar-refractivity contribution < 1.29 is 13.2 Å². The molecule has 1 saturated heterocycles. The van der Waals surface area contributed by atoms with E-state index in [4.69, 9.17) is 5.73 Å². The number of primary amides is 1. The van der Waals surface area contributed by atoms with E-state index in [9.17, 15) is 13.2 Å². The first-order valence-electron chi connectivity index (χ1n) is 7.85. The van der Waals surface area contributed by atoms with Crippen LogP contribution >= 0.6 is 0 Å². The second-order valence-electron chi connectivity index (χ2n) is 6.96. The Balaban J connectivity index is 1.69. The first-order chi connectivity index (χ1) is 9.81. The molecule has 0 aromatic rings. The Kier molecular flexibility index (Phi) is 3.78. The Morgan fingerprint density at radius 2 is 2.05 bits per heavy atom. The van der Waals surface area contributed by atoms with Crippen LogP contribution in [-0.4, -0.2) is 60.9 Å². The Labute approximate surface area is 126 Å². The van der Waals surface area contributed by atoms with Gasteiger partial charge in [-0.15, -0.1) is 0 Å². The molecule has 6 nitrogen and oxygen atoms in total. The minimum absolute atomic E-state index is 0.0263. The van der Waals surface area contributed by atoms with Crippen LogP contribution in [0.15, 0.2) is 0 Å². The van der Waals surface area contributed by atoms with E-state index >= 15 is 0 Å². The molecule has 120 valence electrons. The van der Waals surface area contributed by atoms with Gasteiger partial charge in [-0.2, -0.15) is 0 Å². The van der Waals surface area contributed by atoms with Gasteiger partial charge in [0.1, 0.15) is 0 Å². The van der Waals surface area contributed by atoms with Crippen LogP contribution in [0.5, 0.6) is 0 Å². The van der Waals surface area contributed by atoms with Crippen LogP contribution in [0.3, 0.4) is 0 Å². The van der Waals surface area contributed by atoms with Gasteiger partial charge in [0.25, 0.3) is 0 Å². The summed E-state index contributed by atoms with van der Waals surface area (Å²) in [4.78, 5) is 14.2. The fourth-order valence-electron chi connectivity index (χ4n) is 3.90. The van der Waals surface area contributed by atoms with E-state index in [1.165, 1.54) is 0 Å². The third-order valence-corrected chi connectivity index (χ3v) is 7.00. The summed E-state index contributed by atoms with van der Waals surface area (Å²) < 4.78 is 23.4. The first-order valence-corrected chi connectivity index (χ1v) is 9.67. The smallest absolute Gasteiger partial charge is 0.237 e. The van der Waals surface area contributed by atoms with Gasteiger partial charge in [0.15, 0.2) is 9.84 Å². The molecule has 0 aromatic carbocycles. The van der Waals surface area contributed by atoms with Gasteiger partial charge in [-0.25, -0.2) is 8.42 Å². The number of amides is 1. The van der Waals surface area contributed by atoms with Gasteiger partial charge in [0, 0.05) is 24.7 Å². The molecule has 1 amide bonds. The predicted molar refractivity (Wildman–Crippen MR) is 80.5 cm³/mol. The average molecular weight is 315 g/mol. The lowest BCUT2D eigenvalue weighted by atomic mass is 9.95. The largest absolute Gasteiger partial charge is 0.368 e. The van der Waals surface area contributed by atoms with Crippen molar-refractivity contribution in [3.8, 4) is 0 Å². The molecule has 3 fully saturated rings. The fourth-order valence-corrected chi connectivity index (χ4v) is 5.48. The number of carbonyl (C=O) groups is 1. The van der Waals surface area contributed by atoms with Crippen molar-refractivity contribution >= 4 is 15.7 Å². The minimum Gasteiger partial charge on any atom is -0.368 e. The van der Waals surface area contributed by atoms with Crippen LogP contribution < -0.4 is 11.1 Å². The lowest BCUT2D eigenvalue weighted by Crippen LogP contribution is -2.57. The highest BCUT2D eigenvalue weighted by Crippen LogP contribution is 2.37. The average Bonchev–Trinajstić information content (AvgIpc) is 3.06. The maximum Gasteiger partial charge on any atom is 0.237 e. The molecule has 3 atom stereocenters. The van der Waals surface area contributed by atoms with Crippen molar-refractivity contribution in [2.24, 2.45) is 5.73 Å². The summed E-state index contributed by atoms with van der Waals surface area (Å²) in [5, 5.41) is 3.45. The molecule has 0 spiro atoms. The summed E-state index contributed by atoms with van der Waals surface area (Å²) in [6.45, 7) is 2.54. The standard InChI is InChI=1S/C14H25N3O3S/c1-10-9-21(19,20)7-6-17(10)12-4-5-14(8-12,13(15)18)16-11-2-3-11/h10-12,16H,2-9H2,1H3,(H2,15,18). The lowest BCUT2D eigenvalue weighted by molar-refractivity contribution is -0.124. The van der Waals surface area contributed by atoms with Crippen LogP contribution in [0.2, 0.25) is 0 Å². The molecular weight excluding hydrogens is 290 g/mol. The Morgan fingerprint density at radius 3 is 2.62 bits per heavy atom. The zero-order valence-corrected chi connectivity index (χ0v) is 13.4. The summed E-state index contributed by atoms with van der Waals surface area (Å²) in [5.74, 6) is 0.200. The molecule has 0 bridgehead atoms. The van der Waals surface area contributed by atoms with Gasteiger partial charge >= 0.3 is 0 Å². The number of nitrogens with zero attached hydrogens (tertiary/aromatic N) is 1. The number of hydrogen-bond acceptors (Lipinski definition) is 5. The second kappa shape index (κ2) is 5.21. The molecule has 0 radical (unpaired) electrons. The van der Waals surface area contributed by atoms with Crippen LogP contribution in [-0.2, 0) is 14.6 Å². The number of nitrogens with one attached hydrogen (secondary N) is 1.